The summed E-state index contributed by atoms with van der Waals surface area (Å²) in [6.45, 7) is 6.56. The molecular formula is C24H28ClN3O4. The van der Waals surface area contributed by atoms with Gasteiger partial charge in [0.15, 0.2) is 11.5 Å². The minimum Gasteiger partial charge on any atom is -0.485 e. The van der Waals surface area contributed by atoms with Crippen molar-refractivity contribution < 1.29 is 19.1 Å². The first-order valence-corrected chi connectivity index (χ1v) is 11.3. The lowest BCUT2D eigenvalue weighted by atomic mass is 10.0. The summed E-state index contributed by atoms with van der Waals surface area (Å²) in [5.74, 6) is 0.670. The highest BCUT2D eigenvalue weighted by Gasteiger charge is 2.34. The lowest BCUT2D eigenvalue weighted by molar-refractivity contribution is -0.140. The van der Waals surface area contributed by atoms with E-state index in [1.54, 1.807) is 12.1 Å². The number of para-hydroxylation sites is 2. The van der Waals surface area contributed by atoms with Crippen LogP contribution in [0.15, 0.2) is 48.5 Å². The Labute approximate surface area is 193 Å². The number of fused-ring (bicyclic) bond motifs is 1. The van der Waals surface area contributed by atoms with Gasteiger partial charge in [0.25, 0.3) is 5.91 Å². The van der Waals surface area contributed by atoms with E-state index in [1.165, 1.54) is 0 Å². The van der Waals surface area contributed by atoms with Crippen molar-refractivity contribution in [2.24, 2.45) is 5.92 Å². The Morgan fingerprint density at radius 3 is 2.44 bits per heavy atom. The van der Waals surface area contributed by atoms with Gasteiger partial charge in [0.05, 0.1) is 0 Å². The zero-order valence-electron chi connectivity index (χ0n) is 18.3. The van der Waals surface area contributed by atoms with Crippen molar-refractivity contribution in [3.63, 3.8) is 0 Å². The van der Waals surface area contributed by atoms with E-state index in [9.17, 15) is 9.59 Å². The van der Waals surface area contributed by atoms with Crippen molar-refractivity contribution in [2.45, 2.75) is 26.0 Å². The number of halogens is 1. The predicted molar refractivity (Wildman–Crippen MR) is 123 cm³/mol. The molecule has 8 heteroatoms. The third-order valence-corrected chi connectivity index (χ3v) is 6.03. The van der Waals surface area contributed by atoms with E-state index in [2.05, 4.69) is 10.2 Å². The number of nitrogens with one attached hydrogen (secondary N) is 1. The van der Waals surface area contributed by atoms with Crippen LogP contribution in [0.5, 0.6) is 11.5 Å². The number of ether oxygens (including phenoxy) is 2. The zero-order valence-corrected chi connectivity index (χ0v) is 19.0. The minimum atomic E-state index is -0.793. The fourth-order valence-electron chi connectivity index (χ4n) is 3.96. The number of anilines is 1. The summed E-state index contributed by atoms with van der Waals surface area (Å²) in [4.78, 5) is 30.2. The molecule has 7 nitrogen and oxygen atoms in total. The molecule has 2 heterocycles. The molecule has 2 amide bonds. The van der Waals surface area contributed by atoms with Gasteiger partial charge >= 0.3 is 0 Å². The van der Waals surface area contributed by atoms with Crippen LogP contribution in [-0.4, -0.2) is 61.6 Å². The maximum absolute atomic E-state index is 13.3. The molecule has 0 aliphatic carbocycles. The molecule has 0 bridgehead atoms. The Kier molecular flexibility index (Phi) is 6.74. The molecule has 1 N–H and O–H groups in total. The van der Waals surface area contributed by atoms with E-state index < -0.39 is 12.1 Å². The quantitative estimate of drug-likeness (QED) is 0.747. The molecule has 1 unspecified atom stereocenters. The molecule has 0 spiro atoms. The fourth-order valence-corrected chi connectivity index (χ4v) is 4.15. The van der Waals surface area contributed by atoms with E-state index in [4.69, 9.17) is 21.1 Å². The first-order valence-electron chi connectivity index (χ1n) is 10.9. The molecule has 2 atom stereocenters. The van der Waals surface area contributed by atoms with Crippen molar-refractivity contribution in [3.8, 4) is 11.5 Å². The van der Waals surface area contributed by atoms with E-state index in [-0.39, 0.29) is 24.3 Å². The van der Waals surface area contributed by atoms with Crippen LogP contribution in [0.4, 0.5) is 5.69 Å². The summed E-state index contributed by atoms with van der Waals surface area (Å²) in [5, 5.41) is 3.59. The molecule has 1 fully saturated rings. The normalized spacial score (nSPS) is 18.9. The lowest BCUT2D eigenvalue weighted by Gasteiger charge is -2.38. The summed E-state index contributed by atoms with van der Waals surface area (Å²) < 4.78 is 11.4. The Bertz CT molecular complexity index is 975. The number of hydrogen-bond acceptors (Lipinski definition) is 5. The smallest absolute Gasteiger partial charge is 0.265 e. The largest absolute Gasteiger partial charge is 0.485 e. The van der Waals surface area contributed by atoms with E-state index >= 15 is 0 Å². The SMILES string of the molecule is CC(C)[C@H](NC(=O)C1COc2ccccc2O1)C(=O)N1CCN(c2cccc(Cl)c2)CC1. The number of amides is 2. The second-order valence-electron chi connectivity index (χ2n) is 8.39. The molecular weight excluding hydrogens is 430 g/mol. The van der Waals surface area contributed by atoms with Crippen LogP contribution in [-0.2, 0) is 9.59 Å². The highest BCUT2D eigenvalue weighted by Crippen LogP contribution is 2.31. The number of carbonyl (C=O) groups excluding carboxylic acids is 2. The zero-order chi connectivity index (χ0) is 22.7. The molecule has 0 radical (unpaired) electrons. The number of benzene rings is 2. The third-order valence-electron chi connectivity index (χ3n) is 5.80. The van der Waals surface area contributed by atoms with Gasteiger partial charge in [-0.15, -0.1) is 0 Å². The molecule has 32 heavy (non-hydrogen) atoms. The molecule has 4 rings (SSSR count). The Morgan fingerprint density at radius 2 is 1.75 bits per heavy atom. The average Bonchev–Trinajstić information content (AvgIpc) is 2.81. The van der Waals surface area contributed by atoms with Gasteiger partial charge in [-0.25, -0.2) is 0 Å². The number of rotatable bonds is 5. The first-order chi connectivity index (χ1) is 15.4. The fraction of sp³-hybridized carbons (Fsp3) is 0.417. The lowest BCUT2D eigenvalue weighted by Crippen LogP contribution is -2.58. The maximum Gasteiger partial charge on any atom is 0.265 e. The molecule has 1 saturated heterocycles. The van der Waals surface area contributed by atoms with Gasteiger partial charge in [-0.3, -0.25) is 9.59 Å². The highest BCUT2D eigenvalue weighted by molar-refractivity contribution is 6.30. The molecule has 2 aromatic carbocycles. The monoisotopic (exact) mass is 457 g/mol. The summed E-state index contributed by atoms with van der Waals surface area (Å²) in [5.41, 5.74) is 1.05. The topological polar surface area (TPSA) is 71.1 Å². The highest BCUT2D eigenvalue weighted by atomic mass is 35.5. The van der Waals surface area contributed by atoms with Gasteiger partial charge in [0.2, 0.25) is 12.0 Å². The molecule has 170 valence electrons. The summed E-state index contributed by atoms with van der Waals surface area (Å²) in [7, 11) is 0. The Balaban J connectivity index is 1.36. The molecule has 2 aliphatic heterocycles. The van der Waals surface area contributed by atoms with Crippen LogP contribution >= 0.6 is 11.6 Å². The van der Waals surface area contributed by atoms with Gasteiger partial charge in [0.1, 0.15) is 12.6 Å². The molecule has 2 aliphatic rings. The van der Waals surface area contributed by atoms with Gasteiger partial charge in [-0.2, -0.15) is 0 Å². The van der Waals surface area contributed by atoms with Crippen LogP contribution in [0.1, 0.15) is 13.8 Å². The number of nitrogens with zero attached hydrogens (tertiary/aromatic N) is 2. The van der Waals surface area contributed by atoms with E-state index in [0.717, 1.165) is 5.69 Å². The number of piperazine rings is 1. The summed E-state index contributed by atoms with van der Waals surface area (Å²) in [6.07, 6.45) is -0.793. The second-order valence-corrected chi connectivity index (χ2v) is 8.82. The van der Waals surface area contributed by atoms with Gasteiger partial charge in [0, 0.05) is 36.9 Å². The van der Waals surface area contributed by atoms with Gasteiger partial charge < -0.3 is 24.6 Å². The van der Waals surface area contributed by atoms with Crippen LogP contribution in [0, 0.1) is 5.92 Å². The van der Waals surface area contributed by atoms with Crippen LogP contribution < -0.4 is 19.7 Å². The second kappa shape index (κ2) is 9.69. The standard InChI is InChI=1S/C24H28ClN3O4/c1-16(2)22(26-23(29)21-15-31-19-8-3-4-9-20(19)32-21)24(30)28-12-10-27(11-13-28)18-7-5-6-17(25)14-18/h3-9,14,16,21-22H,10-13,15H2,1-2H3,(H,26,29)/t21?,22-/m0/s1. The van der Waals surface area contributed by atoms with Gasteiger partial charge in [-0.1, -0.05) is 43.6 Å². The van der Waals surface area contributed by atoms with Crippen molar-refractivity contribution in [3.05, 3.63) is 53.6 Å². The van der Waals surface area contributed by atoms with Crippen molar-refractivity contribution in [2.75, 3.05) is 37.7 Å². The maximum atomic E-state index is 13.3. The number of carbonyl (C=O) groups is 2. The van der Waals surface area contributed by atoms with Crippen LogP contribution in [0.3, 0.4) is 0 Å². The minimum absolute atomic E-state index is 0.0609. The molecule has 2 aromatic rings. The van der Waals surface area contributed by atoms with Crippen LogP contribution in [0.25, 0.3) is 0 Å². The van der Waals surface area contributed by atoms with E-state index in [1.807, 2.05) is 55.1 Å². The first kappa shape index (κ1) is 22.3. The average molecular weight is 458 g/mol. The van der Waals surface area contributed by atoms with Crippen LogP contribution in [0.2, 0.25) is 5.02 Å². The Morgan fingerprint density at radius 1 is 1.03 bits per heavy atom. The predicted octanol–water partition coefficient (Wildman–Crippen LogP) is 2.97. The molecule has 0 saturated carbocycles. The van der Waals surface area contributed by atoms with Crippen molar-refractivity contribution in [1.29, 1.82) is 0 Å². The molecule has 0 aromatic heterocycles. The van der Waals surface area contributed by atoms with Crippen molar-refractivity contribution >= 4 is 29.1 Å². The summed E-state index contributed by atoms with van der Waals surface area (Å²) in [6, 6.07) is 14.3. The van der Waals surface area contributed by atoms with E-state index in [0.29, 0.717) is 42.7 Å². The summed E-state index contributed by atoms with van der Waals surface area (Å²) >= 11 is 6.11. The Hall–Kier alpha value is -2.93. The van der Waals surface area contributed by atoms with Gasteiger partial charge in [-0.05, 0) is 36.2 Å². The number of hydrogen-bond donors (Lipinski definition) is 1. The van der Waals surface area contributed by atoms with Crippen molar-refractivity contribution in [1.82, 2.24) is 10.2 Å². The third kappa shape index (κ3) is 4.93.